The minimum absolute atomic E-state index is 0.143. The summed E-state index contributed by atoms with van der Waals surface area (Å²) in [6.45, 7) is 6.71. The zero-order valence-corrected chi connectivity index (χ0v) is 12.6. The van der Waals surface area contributed by atoms with Gasteiger partial charge in [-0.1, -0.05) is 0 Å². The first-order valence-corrected chi connectivity index (χ1v) is 7.24. The number of hydrogen-bond donors (Lipinski definition) is 0. The Kier molecular flexibility index (Phi) is 4.21. The van der Waals surface area contributed by atoms with E-state index in [2.05, 4.69) is 0 Å². The number of carbonyl (C=O) groups excluding carboxylic acids is 2. The van der Waals surface area contributed by atoms with Crippen molar-refractivity contribution in [3.63, 3.8) is 0 Å². The minimum Gasteiger partial charge on any atom is -0.460 e. The molecule has 5 heteroatoms. The predicted octanol–water partition coefficient (Wildman–Crippen LogP) is 2.22. The van der Waals surface area contributed by atoms with Crippen LogP contribution >= 0.6 is 0 Å². The summed E-state index contributed by atoms with van der Waals surface area (Å²) in [6.07, 6.45) is 3.59. The van der Waals surface area contributed by atoms with E-state index in [1.165, 1.54) is 0 Å². The maximum atomic E-state index is 12.0. The Morgan fingerprint density at radius 1 is 1.15 bits per heavy atom. The summed E-state index contributed by atoms with van der Waals surface area (Å²) in [7, 11) is 0. The van der Waals surface area contributed by atoms with E-state index in [4.69, 9.17) is 14.2 Å². The lowest BCUT2D eigenvalue weighted by Crippen LogP contribution is -2.42. The van der Waals surface area contributed by atoms with Gasteiger partial charge in [-0.2, -0.15) is 0 Å². The van der Waals surface area contributed by atoms with Gasteiger partial charge in [0.2, 0.25) is 0 Å². The van der Waals surface area contributed by atoms with E-state index < -0.39 is 16.8 Å². The third kappa shape index (κ3) is 3.58. The second-order valence-electron chi connectivity index (χ2n) is 6.85. The summed E-state index contributed by atoms with van der Waals surface area (Å²) < 4.78 is 16.6. The van der Waals surface area contributed by atoms with E-state index >= 15 is 0 Å². The molecule has 0 amide bonds. The summed E-state index contributed by atoms with van der Waals surface area (Å²) in [5.74, 6) is -0.825. The quantitative estimate of drug-likeness (QED) is 0.587. The Morgan fingerprint density at radius 3 is 2.15 bits per heavy atom. The normalized spacial score (nSPS) is 24.6. The molecule has 0 radical (unpaired) electrons. The number of rotatable bonds is 3. The summed E-state index contributed by atoms with van der Waals surface area (Å²) in [4.78, 5) is 23.5. The molecule has 0 aromatic carbocycles. The van der Waals surface area contributed by atoms with E-state index in [9.17, 15) is 9.59 Å². The molecule has 114 valence electrons. The van der Waals surface area contributed by atoms with Crippen LogP contribution in [-0.4, -0.2) is 36.9 Å². The fourth-order valence-electron chi connectivity index (χ4n) is 2.92. The highest BCUT2D eigenvalue weighted by atomic mass is 16.7. The van der Waals surface area contributed by atoms with Crippen molar-refractivity contribution in [1.29, 1.82) is 0 Å². The molecule has 2 fully saturated rings. The van der Waals surface area contributed by atoms with E-state index in [1.807, 2.05) is 20.8 Å². The van der Waals surface area contributed by atoms with Crippen LogP contribution in [0.5, 0.6) is 0 Å². The zero-order valence-electron chi connectivity index (χ0n) is 12.6. The number of hydrogen-bond acceptors (Lipinski definition) is 5. The summed E-state index contributed by atoms with van der Waals surface area (Å²) in [6, 6.07) is 0. The van der Waals surface area contributed by atoms with Crippen LogP contribution in [-0.2, 0) is 23.8 Å². The van der Waals surface area contributed by atoms with Gasteiger partial charge in [-0.3, -0.25) is 4.79 Å². The van der Waals surface area contributed by atoms with Crippen LogP contribution in [0.2, 0.25) is 0 Å². The van der Waals surface area contributed by atoms with E-state index in [1.54, 1.807) is 0 Å². The standard InChI is InChI=1S/C15H24O5/c1-13(2,3)20-12(17)10-14(11-16)4-6-15(7-5-14)18-8-9-19-15/h11H,4-10H2,1-3H3. The highest BCUT2D eigenvalue weighted by Gasteiger charge is 2.47. The molecule has 0 atom stereocenters. The molecule has 2 rings (SSSR count). The fraction of sp³-hybridized carbons (Fsp3) is 0.867. The molecule has 20 heavy (non-hydrogen) atoms. The topological polar surface area (TPSA) is 61.8 Å². The Hall–Kier alpha value is -0.940. The van der Waals surface area contributed by atoms with Gasteiger partial charge in [0.15, 0.2) is 5.79 Å². The molecule has 1 aliphatic carbocycles. The SMILES string of the molecule is CC(C)(C)OC(=O)CC1(C=O)CCC2(CC1)OCCO2. The Labute approximate surface area is 120 Å². The molecular formula is C15H24O5. The van der Waals surface area contributed by atoms with Crippen LogP contribution in [0.1, 0.15) is 52.9 Å². The lowest BCUT2D eigenvalue weighted by molar-refractivity contribution is -0.194. The van der Waals surface area contributed by atoms with Gasteiger partial charge in [0.1, 0.15) is 11.9 Å². The second kappa shape index (κ2) is 5.45. The van der Waals surface area contributed by atoms with Crippen molar-refractivity contribution in [1.82, 2.24) is 0 Å². The summed E-state index contributed by atoms with van der Waals surface area (Å²) in [5.41, 5.74) is -1.14. The van der Waals surface area contributed by atoms with Crippen molar-refractivity contribution < 1.29 is 23.8 Å². The van der Waals surface area contributed by atoms with Crippen molar-refractivity contribution in [2.75, 3.05) is 13.2 Å². The van der Waals surface area contributed by atoms with Gasteiger partial charge in [-0.25, -0.2) is 0 Å². The van der Waals surface area contributed by atoms with E-state index in [0.29, 0.717) is 38.9 Å². The third-order valence-electron chi connectivity index (χ3n) is 3.99. The van der Waals surface area contributed by atoms with Crippen molar-refractivity contribution in [2.45, 2.75) is 64.3 Å². The molecule has 1 saturated carbocycles. The van der Waals surface area contributed by atoms with Gasteiger partial charge in [-0.15, -0.1) is 0 Å². The van der Waals surface area contributed by atoms with Crippen LogP contribution in [0.15, 0.2) is 0 Å². The Balaban J connectivity index is 1.94. The molecule has 1 spiro atoms. The monoisotopic (exact) mass is 284 g/mol. The molecule has 0 unspecified atom stereocenters. The Bertz CT molecular complexity index is 366. The lowest BCUT2D eigenvalue weighted by atomic mass is 9.71. The Morgan fingerprint density at radius 2 is 1.70 bits per heavy atom. The molecule has 1 aliphatic heterocycles. The first kappa shape index (κ1) is 15.4. The van der Waals surface area contributed by atoms with Gasteiger partial charge >= 0.3 is 5.97 Å². The van der Waals surface area contributed by atoms with Crippen molar-refractivity contribution in [2.24, 2.45) is 5.41 Å². The summed E-state index contributed by atoms with van der Waals surface area (Å²) >= 11 is 0. The minimum atomic E-state index is -0.622. The van der Waals surface area contributed by atoms with Crippen LogP contribution in [0, 0.1) is 5.41 Å². The van der Waals surface area contributed by atoms with Crippen molar-refractivity contribution in [3.8, 4) is 0 Å². The van der Waals surface area contributed by atoms with Gasteiger partial charge in [0.25, 0.3) is 0 Å². The van der Waals surface area contributed by atoms with Gasteiger partial charge in [-0.05, 0) is 33.6 Å². The number of carbonyl (C=O) groups is 2. The molecule has 0 N–H and O–H groups in total. The fourth-order valence-corrected chi connectivity index (χ4v) is 2.92. The second-order valence-corrected chi connectivity index (χ2v) is 6.85. The third-order valence-corrected chi connectivity index (χ3v) is 3.99. The first-order valence-electron chi connectivity index (χ1n) is 7.24. The van der Waals surface area contributed by atoms with Crippen LogP contribution in [0.3, 0.4) is 0 Å². The molecule has 2 aliphatic rings. The summed E-state index contributed by atoms with van der Waals surface area (Å²) in [5, 5.41) is 0. The number of aldehydes is 1. The maximum Gasteiger partial charge on any atom is 0.307 e. The average molecular weight is 284 g/mol. The predicted molar refractivity (Wildman–Crippen MR) is 72.1 cm³/mol. The highest BCUT2D eigenvalue weighted by molar-refractivity contribution is 5.76. The molecule has 5 nitrogen and oxygen atoms in total. The van der Waals surface area contributed by atoms with Gasteiger partial charge in [0, 0.05) is 18.3 Å². The van der Waals surface area contributed by atoms with Gasteiger partial charge in [0.05, 0.1) is 19.6 Å². The lowest BCUT2D eigenvalue weighted by Gasteiger charge is -2.40. The maximum absolute atomic E-state index is 12.0. The largest absolute Gasteiger partial charge is 0.460 e. The van der Waals surface area contributed by atoms with E-state index in [0.717, 1.165) is 6.29 Å². The number of esters is 1. The molecule has 0 aromatic heterocycles. The smallest absolute Gasteiger partial charge is 0.307 e. The van der Waals surface area contributed by atoms with Gasteiger partial charge < -0.3 is 19.0 Å². The average Bonchev–Trinajstić information content (AvgIpc) is 2.79. The highest BCUT2D eigenvalue weighted by Crippen LogP contribution is 2.45. The molecular weight excluding hydrogens is 260 g/mol. The zero-order chi connectivity index (χ0) is 14.9. The van der Waals surface area contributed by atoms with Crippen molar-refractivity contribution in [3.05, 3.63) is 0 Å². The first-order chi connectivity index (χ1) is 9.28. The number of ether oxygens (including phenoxy) is 3. The molecule has 1 heterocycles. The van der Waals surface area contributed by atoms with Crippen LogP contribution in [0.4, 0.5) is 0 Å². The van der Waals surface area contributed by atoms with Crippen molar-refractivity contribution >= 4 is 12.3 Å². The van der Waals surface area contributed by atoms with Crippen LogP contribution < -0.4 is 0 Å². The molecule has 0 aromatic rings. The molecule has 0 bridgehead atoms. The van der Waals surface area contributed by atoms with E-state index in [-0.39, 0.29) is 12.4 Å². The molecule has 1 saturated heterocycles. The van der Waals surface area contributed by atoms with Crippen LogP contribution in [0.25, 0.3) is 0 Å².